The van der Waals surface area contributed by atoms with Crippen LogP contribution in [0.15, 0.2) is 30.3 Å². The lowest BCUT2D eigenvalue weighted by Gasteiger charge is -2.11. The van der Waals surface area contributed by atoms with Gasteiger partial charge in [-0.3, -0.25) is 4.79 Å². The van der Waals surface area contributed by atoms with Crippen molar-refractivity contribution in [3.8, 4) is 0 Å². The molecule has 0 bridgehead atoms. The lowest BCUT2D eigenvalue weighted by Crippen LogP contribution is -2.13. The minimum Gasteiger partial charge on any atom is -0.399 e. The minimum absolute atomic E-state index is 0.237. The number of halogens is 2. The average Bonchev–Trinajstić information content (AvgIpc) is 2.35. The van der Waals surface area contributed by atoms with Gasteiger partial charge in [0.05, 0.1) is 10.6 Å². The van der Waals surface area contributed by atoms with E-state index in [1.807, 2.05) is 26.0 Å². The summed E-state index contributed by atoms with van der Waals surface area (Å²) in [5, 5.41) is 3.24. The second kappa shape index (κ2) is 6.01. The molecule has 0 spiro atoms. The maximum absolute atomic E-state index is 12.3. The summed E-state index contributed by atoms with van der Waals surface area (Å²) in [6, 6.07) is 8.85. The van der Waals surface area contributed by atoms with Gasteiger partial charge in [-0.05, 0) is 77.9 Å². The third kappa shape index (κ3) is 3.24. The Morgan fingerprint density at radius 1 is 1.20 bits per heavy atom. The highest BCUT2D eigenvalue weighted by Crippen LogP contribution is 2.24. The van der Waals surface area contributed by atoms with Crippen LogP contribution >= 0.6 is 34.2 Å². The molecule has 104 valence electrons. The molecule has 0 aliphatic carbocycles. The molecule has 0 saturated carbocycles. The zero-order valence-corrected chi connectivity index (χ0v) is 14.0. The molecule has 0 fully saturated rings. The highest BCUT2D eigenvalue weighted by atomic mass is 127. The van der Waals surface area contributed by atoms with Crippen molar-refractivity contribution in [1.29, 1.82) is 0 Å². The van der Waals surface area contributed by atoms with Crippen LogP contribution in [0.5, 0.6) is 0 Å². The SMILES string of the molecule is Cc1cc(NC(=O)c2ccc(N)cc2Cl)c(C)cc1I. The summed E-state index contributed by atoms with van der Waals surface area (Å²) in [5.74, 6) is -0.237. The Morgan fingerprint density at radius 3 is 2.55 bits per heavy atom. The molecule has 3 N–H and O–H groups in total. The molecule has 2 aromatic carbocycles. The van der Waals surface area contributed by atoms with E-state index in [1.54, 1.807) is 18.2 Å². The number of amides is 1. The summed E-state index contributed by atoms with van der Waals surface area (Å²) in [4.78, 5) is 12.3. The number of anilines is 2. The van der Waals surface area contributed by atoms with Gasteiger partial charge in [-0.1, -0.05) is 11.6 Å². The topological polar surface area (TPSA) is 55.1 Å². The van der Waals surface area contributed by atoms with Crippen molar-refractivity contribution in [1.82, 2.24) is 0 Å². The van der Waals surface area contributed by atoms with E-state index >= 15 is 0 Å². The molecule has 5 heteroatoms. The molecule has 0 atom stereocenters. The van der Waals surface area contributed by atoms with Gasteiger partial charge >= 0.3 is 0 Å². The van der Waals surface area contributed by atoms with E-state index in [0.717, 1.165) is 16.8 Å². The standard InChI is InChI=1S/C15H14ClIN2O/c1-8-6-14(9(2)5-13(8)17)19-15(20)11-4-3-10(18)7-12(11)16/h3-7H,18H2,1-2H3,(H,19,20). The minimum atomic E-state index is -0.237. The molecular formula is C15H14ClIN2O. The van der Waals surface area contributed by atoms with E-state index in [0.29, 0.717) is 16.3 Å². The Labute approximate surface area is 136 Å². The van der Waals surface area contributed by atoms with Gasteiger partial charge in [0.25, 0.3) is 5.91 Å². The fraction of sp³-hybridized carbons (Fsp3) is 0.133. The van der Waals surface area contributed by atoms with Gasteiger partial charge in [0, 0.05) is 14.9 Å². The second-order valence-corrected chi connectivity index (χ2v) is 6.18. The normalized spacial score (nSPS) is 10.4. The maximum Gasteiger partial charge on any atom is 0.257 e. The number of nitrogens with two attached hydrogens (primary N) is 1. The van der Waals surface area contributed by atoms with E-state index < -0.39 is 0 Å². The quantitative estimate of drug-likeness (QED) is 0.580. The van der Waals surface area contributed by atoms with Gasteiger partial charge in [0.1, 0.15) is 0 Å². The first-order chi connectivity index (χ1) is 9.38. The summed E-state index contributed by atoms with van der Waals surface area (Å²) >= 11 is 8.32. The first-order valence-corrected chi connectivity index (χ1v) is 7.47. The molecule has 2 rings (SSSR count). The van der Waals surface area contributed by atoms with Crippen LogP contribution in [0, 0.1) is 17.4 Å². The number of hydrogen-bond donors (Lipinski definition) is 2. The molecule has 0 aliphatic heterocycles. The van der Waals surface area contributed by atoms with Gasteiger partial charge in [-0.15, -0.1) is 0 Å². The fourth-order valence-electron chi connectivity index (χ4n) is 1.82. The Bertz CT molecular complexity index is 686. The fourth-order valence-corrected chi connectivity index (χ4v) is 2.72. The molecule has 0 saturated heterocycles. The largest absolute Gasteiger partial charge is 0.399 e. The van der Waals surface area contributed by atoms with Crippen molar-refractivity contribution in [2.24, 2.45) is 0 Å². The molecule has 20 heavy (non-hydrogen) atoms. The Balaban J connectivity index is 2.30. The average molecular weight is 401 g/mol. The predicted molar refractivity (Wildman–Crippen MR) is 92.5 cm³/mol. The molecule has 1 amide bonds. The first-order valence-electron chi connectivity index (χ1n) is 6.01. The number of carbonyl (C=O) groups excluding carboxylic acids is 1. The van der Waals surface area contributed by atoms with E-state index in [2.05, 4.69) is 27.9 Å². The summed E-state index contributed by atoms with van der Waals surface area (Å²) < 4.78 is 1.17. The molecule has 0 aromatic heterocycles. The van der Waals surface area contributed by atoms with Crippen molar-refractivity contribution in [3.05, 3.63) is 55.6 Å². The third-order valence-electron chi connectivity index (χ3n) is 2.99. The number of carbonyl (C=O) groups is 1. The molecule has 0 heterocycles. The zero-order chi connectivity index (χ0) is 14.9. The van der Waals surface area contributed by atoms with Crippen LogP contribution < -0.4 is 11.1 Å². The van der Waals surface area contributed by atoms with Gasteiger partial charge in [-0.2, -0.15) is 0 Å². The third-order valence-corrected chi connectivity index (χ3v) is 4.47. The van der Waals surface area contributed by atoms with Crippen LogP contribution in [0.2, 0.25) is 5.02 Å². The van der Waals surface area contributed by atoms with Crippen molar-refractivity contribution >= 4 is 51.5 Å². The first kappa shape index (κ1) is 15.1. The Morgan fingerprint density at radius 2 is 1.90 bits per heavy atom. The second-order valence-electron chi connectivity index (χ2n) is 4.61. The van der Waals surface area contributed by atoms with Crippen LogP contribution in [0.3, 0.4) is 0 Å². The molecule has 0 radical (unpaired) electrons. The summed E-state index contributed by atoms with van der Waals surface area (Å²) in [5.41, 5.74) is 9.50. The number of hydrogen-bond acceptors (Lipinski definition) is 2. The van der Waals surface area contributed by atoms with Crippen molar-refractivity contribution < 1.29 is 4.79 Å². The van der Waals surface area contributed by atoms with Crippen LogP contribution in [0.4, 0.5) is 11.4 Å². The van der Waals surface area contributed by atoms with Crippen LogP contribution in [-0.2, 0) is 0 Å². The molecule has 2 aromatic rings. The Kier molecular flexibility index (Phi) is 4.55. The number of aryl methyl sites for hydroxylation is 2. The molecule has 3 nitrogen and oxygen atoms in total. The van der Waals surface area contributed by atoms with Gasteiger partial charge < -0.3 is 11.1 Å². The number of benzene rings is 2. The highest BCUT2D eigenvalue weighted by Gasteiger charge is 2.12. The molecule has 0 unspecified atom stereocenters. The monoisotopic (exact) mass is 400 g/mol. The zero-order valence-electron chi connectivity index (χ0n) is 11.1. The number of rotatable bonds is 2. The maximum atomic E-state index is 12.3. The molecule has 0 aliphatic rings. The highest BCUT2D eigenvalue weighted by molar-refractivity contribution is 14.1. The van der Waals surface area contributed by atoms with Crippen molar-refractivity contribution in [2.45, 2.75) is 13.8 Å². The van der Waals surface area contributed by atoms with Gasteiger partial charge in [-0.25, -0.2) is 0 Å². The van der Waals surface area contributed by atoms with Crippen molar-refractivity contribution in [3.63, 3.8) is 0 Å². The lowest BCUT2D eigenvalue weighted by molar-refractivity contribution is 0.102. The summed E-state index contributed by atoms with van der Waals surface area (Å²) in [6.07, 6.45) is 0. The predicted octanol–water partition coefficient (Wildman–Crippen LogP) is 4.40. The van der Waals surface area contributed by atoms with E-state index in [-0.39, 0.29) is 5.91 Å². The van der Waals surface area contributed by atoms with Crippen molar-refractivity contribution in [2.75, 3.05) is 11.1 Å². The van der Waals surface area contributed by atoms with E-state index in [9.17, 15) is 4.79 Å². The lowest BCUT2D eigenvalue weighted by atomic mass is 10.1. The summed E-state index contributed by atoms with van der Waals surface area (Å²) in [6.45, 7) is 3.97. The number of nitrogens with one attached hydrogen (secondary N) is 1. The van der Waals surface area contributed by atoms with Crippen LogP contribution in [-0.4, -0.2) is 5.91 Å². The van der Waals surface area contributed by atoms with E-state index in [4.69, 9.17) is 17.3 Å². The van der Waals surface area contributed by atoms with Gasteiger partial charge in [0.2, 0.25) is 0 Å². The summed E-state index contributed by atoms with van der Waals surface area (Å²) in [7, 11) is 0. The Hall–Kier alpha value is -1.27. The number of nitrogen functional groups attached to an aromatic ring is 1. The van der Waals surface area contributed by atoms with Crippen LogP contribution in [0.25, 0.3) is 0 Å². The van der Waals surface area contributed by atoms with Gasteiger partial charge in [0.15, 0.2) is 0 Å². The van der Waals surface area contributed by atoms with E-state index in [1.165, 1.54) is 3.57 Å². The smallest absolute Gasteiger partial charge is 0.257 e. The van der Waals surface area contributed by atoms with Crippen LogP contribution in [0.1, 0.15) is 21.5 Å². The molecular weight excluding hydrogens is 387 g/mol.